The van der Waals surface area contributed by atoms with E-state index in [1.165, 1.54) is 18.2 Å². The van der Waals surface area contributed by atoms with Gasteiger partial charge < -0.3 is 9.84 Å². The van der Waals surface area contributed by atoms with Gasteiger partial charge in [-0.2, -0.15) is 0 Å². The zero-order chi connectivity index (χ0) is 14.0. The van der Waals surface area contributed by atoms with Crippen molar-refractivity contribution in [2.45, 2.75) is 0 Å². The Balaban J connectivity index is 2.45. The molecule has 2 aromatic carbocycles. The van der Waals surface area contributed by atoms with Gasteiger partial charge in [-0.15, -0.1) is 0 Å². The van der Waals surface area contributed by atoms with Crippen molar-refractivity contribution in [3.8, 4) is 11.5 Å². The van der Waals surface area contributed by atoms with Crippen LogP contribution >= 0.6 is 34.8 Å². The van der Waals surface area contributed by atoms with Gasteiger partial charge in [0.25, 0.3) is 0 Å². The van der Waals surface area contributed by atoms with Gasteiger partial charge in [0.15, 0.2) is 0 Å². The van der Waals surface area contributed by atoms with Gasteiger partial charge >= 0.3 is 5.97 Å². The van der Waals surface area contributed by atoms with Crippen LogP contribution in [0, 0.1) is 0 Å². The van der Waals surface area contributed by atoms with E-state index in [9.17, 15) is 4.79 Å². The molecule has 0 aliphatic rings. The number of hydrogen-bond donors (Lipinski definition) is 1. The summed E-state index contributed by atoms with van der Waals surface area (Å²) in [5.74, 6) is -0.757. The molecular weight excluding hydrogens is 310 g/mol. The maximum Gasteiger partial charge on any atom is 0.339 e. The van der Waals surface area contributed by atoms with Crippen molar-refractivity contribution in [2.24, 2.45) is 0 Å². The fourth-order valence-corrected chi connectivity index (χ4v) is 1.93. The number of ether oxygens (including phenoxy) is 1. The highest BCUT2D eigenvalue weighted by Crippen LogP contribution is 2.36. The number of hydrogen-bond acceptors (Lipinski definition) is 2. The molecular formula is C13H7Cl3O3. The Morgan fingerprint density at radius 1 is 1.05 bits per heavy atom. The molecule has 1 N–H and O–H groups in total. The van der Waals surface area contributed by atoms with E-state index in [0.717, 1.165) is 0 Å². The highest BCUT2D eigenvalue weighted by molar-refractivity contribution is 6.42. The summed E-state index contributed by atoms with van der Waals surface area (Å²) in [6.45, 7) is 0. The highest BCUT2D eigenvalue weighted by atomic mass is 35.5. The first-order valence-electron chi connectivity index (χ1n) is 5.13. The molecule has 0 spiro atoms. The minimum absolute atomic E-state index is 0.0135. The molecule has 0 saturated carbocycles. The molecule has 2 rings (SSSR count). The van der Waals surface area contributed by atoms with Gasteiger partial charge in [0.1, 0.15) is 22.1 Å². The van der Waals surface area contributed by atoms with Crippen molar-refractivity contribution in [3.05, 3.63) is 57.0 Å². The van der Waals surface area contributed by atoms with Gasteiger partial charge in [-0.25, -0.2) is 4.79 Å². The number of rotatable bonds is 3. The molecule has 0 aliphatic carbocycles. The summed E-state index contributed by atoms with van der Waals surface area (Å²) in [5, 5.41) is 9.96. The zero-order valence-electron chi connectivity index (χ0n) is 9.36. The lowest BCUT2D eigenvalue weighted by molar-refractivity contribution is 0.0694. The second kappa shape index (κ2) is 5.70. The average molecular weight is 318 g/mol. The van der Waals surface area contributed by atoms with Gasteiger partial charge in [0.2, 0.25) is 0 Å². The van der Waals surface area contributed by atoms with Crippen LogP contribution in [0.25, 0.3) is 0 Å². The maximum absolute atomic E-state index is 11.1. The topological polar surface area (TPSA) is 46.5 Å². The molecule has 0 unspecified atom stereocenters. The third kappa shape index (κ3) is 3.13. The van der Waals surface area contributed by atoms with Gasteiger partial charge in [-0.3, -0.25) is 0 Å². The monoisotopic (exact) mass is 316 g/mol. The molecule has 0 fully saturated rings. The maximum atomic E-state index is 11.1. The van der Waals surface area contributed by atoms with Crippen LogP contribution in [0.4, 0.5) is 0 Å². The Morgan fingerprint density at radius 3 is 2.47 bits per heavy atom. The smallest absolute Gasteiger partial charge is 0.339 e. The van der Waals surface area contributed by atoms with Gasteiger partial charge in [0, 0.05) is 11.1 Å². The SMILES string of the molecule is O=C(O)c1ccc(Cl)cc1Oc1cccc(Cl)c1Cl. The highest BCUT2D eigenvalue weighted by Gasteiger charge is 2.14. The molecule has 0 saturated heterocycles. The summed E-state index contributed by atoms with van der Waals surface area (Å²) >= 11 is 17.7. The molecule has 98 valence electrons. The first kappa shape index (κ1) is 14.0. The van der Waals surface area contributed by atoms with Crippen molar-refractivity contribution in [1.82, 2.24) is 0 Å². The van der Waals surface area contributed by atoms with Gasteiger partial charge in [0.05, 0.1) is 5.02 Å². The van der Waals surface area contributed by atoms with Gasteiger partial charge in [-0.1, -0.05) is 40.9 Å². The fraction of sp³-hybridized carbons (Fsp3) is 0. The summed E-state index contributed by atoms with van der Waals surface area (Å²) in [5.41, 5.74) is -0.0135. The first-order valence-corrected chi connectivity index (χ1v) is 6.27. The van der Waals surface area contributed by atoms with E-state index < -0.39 is 5.97 Å². The lowest BCUT2D eigenvalue weighted by Crippen LogP contribution is -2.00. The normalized spacial score (nSPS) is 10.3. The molecule has 2 aromatic rings. The number of carboxylic acid groups (broad SMARTS) is 1. The quantitative estimate of drug-likeness (QED) is 0.853. The van der Waals surface area contributed by atoms with E-state index in [2.05, 4.69) is 0 Å². The molecule has 0 aliphatic heterocycles. The summed E-state index contributed by atoms with van der Waals surface area (Å²) < 4.78 is 5.48. The second-order valence-corrected chi connectivity index (χ2v) is 4.82. The Labute approximate surface area is 124 Å². The van der Waals surface area contributed by atoms with E-state index in [-0.39, 0.29) is 22.1 Å². The van der Waals surface area contributed by atoms with E-state index in [1.54, 1.807) is 18.2 Å². The summed E-state index contributed by atoms with van der Waals surface area (Å²) in [4.78, 5) is 11.1. The molecule has 0 radical (unpaired) electrons. The number of carbonyl (C=O) groups is 1. The summed E-state index contributed by atoms with van der Waals surface area (Å²) in [6.07, 6.45) is 0. The lowest BCUT2D eigenvalue weighted by Gasteiger charge is -2.11. The minimum atomic E-state index is -1.12. The van der Waals surface area contributed by atoms with Crippen LogP contribution in [0.15, 0.2) is 36.4 Å². The van der Waals surface area contributed by atoms with Crippen LogP contribution in [0.2, 0.25) is 15.1 Å². The van der Waals surface area contributed by atoms with Crippen molar-refractivity contribution < 1.29 is 14.6 Å². The van der Waals surface area contributed by atoms with Crippen LogP contribution in [-0.4, -0.2) is 11.1 Å². The van der Waals surface area contributed by atoms with E-state index in [1.807, 2.05) is 0 Å². The van der Waals surface area contributed by atoms with E-state index in [4.69, 9.17) is 44.6 Å². The number of carboxylic acids is 1. The van der Waals surface area contributed by atoms with Crippen LogP contribution < -0.4 is 4.74 Å². The Bertz CT molecular complexity index is 641. The third-order valence-electron chi connectivity index (χ3n) is 2.31. The molecule has 6 heteroatoms. The lowest BCUT2D eigenvalue weighted by atomic mass is 10.2. The van der Waals surface area contributed by atoms with Crippen LogP contribution in [0.5, 0.6) is 11.5 Å². The molecule has 19 heavy (non-hydrogen) atoms. The molecule has 0 atom stereocenters. The average Bonchev–Trinajstić information content (AvgIpc) is 2.35. The predicted molar refractivity (Wildman–Crippen MR) is 74.9 cm³/mol. The van der Waals surface area contributed by atoms with E-state index >= 15 is 0 Å². The number of benzene rings is 2. The van der Waals surface area contributed by atoms with Crippen LogP contribution in [0.1, 0.15) is 10.4 Å². The standard InChI is InChI=1S/C13H7Cl3O3/c14-7-4-5-8(13(17)18)11(6-7)19-10-3-1-2-9(15)12(10)16/h1-6H,(H,17,18). The Kier molecular flexibility index (Phi) is 4.20. The van der Waals surface area contributed by atoms with Crippen molar-refractivity contribution in [2.75, 3.05) is 0 Å². The molecule has 0 aromatic heterocycles. The number of aromatic carboxylic acids is 1. The third-order valence-corrected chi connectivity index (χ3v) is 3.35. The van der Waals surface area contributed by atoms with Crippen LogP contribution in [0.3, 0.4) is 0 Å². The summed E-state index contributed by atoms with van der Waals surface area (Å²) in [6, 6.07) is 9.07. The molecule has 0 bridgehead atoms. The molecule has 3 nitrogen and oxygen atoms in total. The van der Waals surface area contributed by atoms with Crippen molar-refractivity contribution in [3.63, 3.8) is 0 Å². The fourth-order valence-electron chi connectivity index (χ4n) is 1.44. The Hall–Kier alpha value is -1.42. The van der Waals surface area contributed by atoms with Crippen molar-refractivity contribution in [1.29, 1.82) is 0 Å². The van der Waals surface area contributed by atoms with Crippen molar-refractivity contribution >= 4 is 40.8 Å². The molecule has 0 heterocycles. The number of halogens is 3. The Morgan fingerprint density at radius 2 is 1.79 bits per heavy atom. The molecule has 0 amide bonds. The first-order chi connectivity index (χ1) is 8.99. The van der Waals surface area contributed by atoms with Crippen LogP contribution in [-0.2, 0) is 0 Å². The summed E-state index contributed by atoms with van der Waals surface area (Å²) in [7, 11) is 0. The van der Waals surface area contributed by atoms with Gasteiger partial charge in [-0.05, 0) is 24.3 Å². The second-order valence-electron chi connectivity index (χ2n) is 3.60. The minimum Gasteiger partial charge on any atom is -0.478 e. The van der Waals surface area contributed by atoms with E-state index in [0.29, 0.717) is 10.0 Å². The largest absolute Gasteiger partial charge is 0.478 e. The zero-order valence-corrected chi connectivity index (χ0v) is 11.6. The predicted octanol–water partition coefficient (Wildman–Crippen LogP) is 5.14.